The van der Waals surface area contributed by atoms with E-state index in [4.69, 9.17) is 5.73 Å². The predicted octanol–water partition coefficient (Wildman–Crippen LogP) is 0.634. The molecule has 0 bridgehead atoms. The Labute approximate surface area is 116 Å². The van der Waals surface area contributed by atoms with Gasteiger partial charge in [-0.2, -0.15) is 4.98 Å². The van der Waals surface area contributed by atoms with Crippen LogP contribution in [0.2, 0.25) is 0 Å². The largest absolute Gasteiger partial charge is 0.387 e. The van der Waals surface area contributed by atoms with Gasteiger partial charge in [0.1, 0.15) is 5.82 Å². The summed E-state index contributed by atoms with van der Waals surface area (Å²) in [5.41, 5.74) is 6.74. The maximum atomic E-state index is 11.3. The summed E-state index contributed by atoms with van der Waals surface area (Å²) in [5.74, 6) is 0.193. The lowest BCUT2D eigenvalue weighted by atomic mass is 10.1. The Morgan fingerprint density at radius 1 is 1.40 bits per heavy atom. The number of anilines is 1. The third-order valence-electron chi connectivity index (χ3n) is 3.80. The van der Waals surface area contributed by atoms with Crippen molar-refractivity contribution >= 4 is 16.7 Å². The van der Waals surface area contributed by atoms with Gasteiger partial charge in [0.05, 0.1) is 11.6 Å². The number of nitrogens with two attached hydrogens (primary N) is 1. The SMILES string of the molecule is Nc1nc(=O)[nH]c2ccc(C(O)CN3CCCC3)cc12. The van der Waals surface area contributed by atoms with Crippen molar-refractivity contribution in [3.8, 4) is 0 Å². The van der Waals surface area contributed by atoms with Crippen LogP contribution in [0.3, 0.4) is 0 Å². The number of nitrogen functional groups attached to an aromatic ring is 1. The first kappa shape index (κ1) is 13.1. The molecule has 0 amide bonds. The summed E-state index contributed by atoms with van der Waals surface area (Å²) in [6.07, 6.45) is 1.84. The van der Waals surface area contributed by atoms with Crippen molar-refractivity contribution < 1.29 is 5.11 Å². The number of aromatic amines is 1. The highest BCUT2D eigenvalue weighted by molar-refractivity contribution is 5.88. The normalized spacial score (nSPS) is 17.6. The number of nitrogens with one attached hydrogen (secondary N) is 1. The number of rotatable bonds is 3. The molecule has 3 rings (SSSR count). The zero-order valence-electron chi connectivity index (χ0n) is 11.2. The van der Waals surface area contributed by atoms with Gasteiger partial charge < -0.3 is 20.7 Å². The van der Waals surface area contributed by atoms with Crippen molar-refractivity contribution in [3.63, 3.8) is 0 Å². The Kier molecular flexibility index (Phi) is 3.42. The Hall–Kier alpha value is -1.92. The maximum absolute atomic E-state index is 11.3. The van der Waals surface area contributed by atoms with E-state index in [1.54, 1.807) is 12.1 Å². The van der Waals surface area contributed by atoms with Crippen LogP contribution in [0.4, 0.5) is 5.82 Å². The minimum absolute atomic E-state index is 0.193. The van der Waals surface area contributed by atoms with E-state index < -0.39 is 11.8 Å². The molecule has 2 aromatic rings. The van der Waals surface area contributed by atoms with E-state index in [1.807, 2.05) is 6.07 Å². The van der Waals surface area contributed by atoms with Crippen molar-refractivity contribution in [2.24, 2.45) is 0 Å². The van der Waals surface area contributed by atoms with Gasteiger partial charge in [-0.25, -0.2) is 4.79 Å². The van der Waals surface area contributed by atoms with Gasteiger partial charge in [-0.1, -0.05) is 6.07 Å². The Balaban J connectivity index is 1.89. The van der Waals surface area contributed by atoms with Crippen molar-refractivity contribution in [3.05, 3.63) is 34.2 Å². The molecular weight excluding hydrogens is 256 g/mol. The van der Waals surface area contributed by atoms with Gasteiger partial charge in [0.2, 0.25) is 0 Å². The number of β-amino-alcohol motifs (C(OH)–C–C–N with tert-alkyl or cyclic N) is 1. The van der Waals surface area contributed by atoms with Crippen LogP contribution in [0, 0.1) is 0 Å². The molecule has 106 valence electrons. The molecule has 0 radical (unpaired) electrons. The molecule has 1 aliphatic heterocycles. The molecule has 1 aliphatic rings. The molecule has 2 heterocycles. The molecule has 6 heteroatoms. The van der Waals surface area contributed by atoms with E-state index in [2.05, 4.69) is 14.9 Å². The summed E-state index contributed by atoms with van der Waals surface area (Å²) in [6, 6.07) is 5.38. The van der Waals surface area contributed by atoms with Crippen molar-refractivity contribution in [2.45, 2.75) is 18.9 Å². The fourth-order valence-corrected chi connectivity index (χ4v) is 2.72. The number of hydrogen-bond donors (Lipinski definition) is 3. The second-order valence-corrected chi connectivity index (χ2v) is 5.26. The highest BCUT2D eigenvalue weighted by atomic mass is 16.3. The number of fused-ring (bicyclic) bond motifs is 1. The van der Waals surface area contributed by atoms with Gasteiger partial charge in [-0.15, -0.1) is 0 Å². The lowest BCUT2D eigenvalue weighted by molar-refractivity contribution is 0.126. The van der Waals surface area contributed by atoms with E-state index in [-0.39, 0.29) is 5.82 Å². The third-order valence-corrected chi connectivity index (χ3v) is 3.80. The average molecular weight is 274 g/mol. The Morgan fingerprint density at radius 3 is 2.90 bits per heavy atom. The lowest BCUT2D eigenvalue weighted by Gasteiger charge is -2.19. The second-order valence-electron chi connectivity index (χ2n) is 5.26. The van der Waals surface area contributed by atoms with Gasteiger partial charge in [0.25, 0.3) is 0 Å². The molecule has 1 aromatic heterocycles. The number of benzene rings is 1. The van der Waals surface area contributed by atoms with Crippen LogP contribution >= 0.6 is 0 Å². The van der Waals surface area contributed by atoms with Crippen LogP contribution in [0.25, 0.3) is 10.9 Å². The fraction of sp³-hybridized carbons (Fsp3) is 0.429. The van der Waals surface area contributed by atoms with Crippen LogP contribution < -0.4 is 11.4 Å². The number of aromatic nitrogens is 2. The monoisotopic (exact) mass is 274 g/mol. The molecule has 0 saturated carbocycles. The van der Waals surface area contributed by atoms with E-state index in [9.17, 15) is 9.90 Å². The van der Waals surface area contributed by atoms with E-state index in [0.717, 1.165) is 18.7 Å². The molecule has 0 aliphatic carbocycles. The quantitative estimate of drug-likeness (QED) is 0.763. The highest BCUT2D eigenvalue weighted by Gasteiger charge is 2.17. The first-order valence-electron chi connectivity index (χ1n) is 6.83. The van der Waals surface area contributed by atoms with Crippen molar-refractivity contribution in [1.82, 2.24) is 14.9 Å². The number of aliphatic hydroxyl groups is 1. The minimum atomic E-state index is -0.552. The van der Waals surface area contributed by atoms with Crippen molar-refractivity contribution in [2.75, 3.05) is 25.4 Å². The summed E-state index contributed by atoms with van der Waals surface area (Å²) in [7, 11) is 0. The zero-order valence-corrected chi connectivity index (χ0v) is 11.2. The van der Waals surface area contributed by atoms with Gasteiger partial charge >= 0.3 is 5.69 Å². The summed E-state index contributed by atoms with van der Waals surface area (Å²) >= 11 is 0. The molecule has 0 spiro atoms. The molecule has 1 unspecified atom stereocenters. The summed E-state index contributed by atoms with van der Waals surface area (Å²) in [5, 5.41) is 11.0. The van der Waals surface area contributed by atoms with Crippen LogP contribution in [0.15, 0.2) is 23.0 Å². The van der Waals surface area contributed by atoms with Gasteiger partial charge in [0, 0.05) is 11.9 Å². The molecule has 20 heavy (non-hydrogen) atoms. The topological polar surface area (TPSA) is 95.2 Å². The number of H-pyrrole nitrogens is 1. The van der Waals surface area contributed by atoms with Crippen LogP contribution in [-0.2, 0) is 0 Å². The minimum Gasteiger partial charge on any atom is -0.387 e. The van der Waals surface area contributed by atoms with Gasteiger partial charge in [-0.05, 0) is 43.6 Å². The molecule has 1 fully saturated rings. The molecule has 4 N–H and O–H groups in total. The molecule has 1 atom stereocenters. The Morgan fingerprint density at radius 2 is 2.15 bits per heavy atom. The first-order chi connectivity index (χ1) is 9.63. The first-order valence-corrected chi connectivity index (χ1v) is 6.83. The standard InChI is InChI=1S/C14H18N4O2/c15-13-10-7-9(3-4-11(10)16-14(20)17-13)12(19)8-18-5-1-2-6-18/h3-4,7,12,19H,1-2,5-6,8H2,(H3,15,16,17,20). The molecule has 6 nitrogen and oxygen atoms in total. The predicted molar refractivity (Wildman–Crippen MR) is 77.4 cm³/mol. The highest BCUT2D eigenvalue weighted by Crippen LogP contribution is 2.23. The second kappa shape index (κ2) is 5.22. The molecule has 1 aromatic carbocycles. The third kappa shape index (κ3) is 2.52. The number of aliphatic hydroxyl groups excluding tert-OH is 1. The Bertz CT molecular complexity index is 676. The molecule has 1 saturated heterocycles. The van der Waals surface area contributed by atoms with E-state index in [1.165, 1.54) is 12.8 Å². The maximum Gasteiger partial charge on any atom is 0.347 e. The van der Waals surface area contributed by atoms with Crippen LogP contribution in [-0.4, -0.2) is 39.6 Å². The number of hydrogen-bond acceptors (Lipinski definition) is 5. The fourth-order valence-electron chi connectivity index (χ4n) is 2.72. The lowest BCUT2D eigenvalue weighted by Crippen LogP contribution is -2.25. The summed E-state index contributed by atoms with van der Waals surface area (Å²) in [4.78, 5) is 19.8. The molecular formula is C14H18N4O2. The summed E-state index contributed by atoms with van der Waals surface area (Å²) in [6.45, 7) is 2.71. The van der Waals surface area contributed by atoms with Gasteiger partial charge in [0.15, 0.2) is 0 Å². The zero-order chi connectivity index (χ0) is 14.1. The van der Waals surface area contributed by atoms with E-state index >= 15 is 0 Å². The van der Waals surface area contributed by atoms with Gasteiger partial charge in [-0.3, -0.25) is 0 Å². The average Bonchev–Trinajstić information content (AvgIpc) is 2.91. The smallest absolute Gasteiger partial charge is 0.347 e. The number of nitrogens with zero attached hydrogens (tertiary/aromatic N) is 2. The van der Waals surface area contributed by atoms with Crippen LogP contribution in [0.1, 0.15) is 24.5 Å². The van der Waals surface area contributed by atoms with E-state index in [0.29, 0.717) is 17.4 Å². The summed E-state index contributed by atoms with van der Waals surface area (Å²) < 4.78 is 0. The van der Waals surface area contributed by atoms with Crippen LogP contribution in [0.5, 0.6) is 0 Å². The number of likely N-dealkylation sites (tertiary alicyclic amines) is 1. The van der Waals surface area contributed by atoms with Crippen molar-refractivity contribution in [1.29, 1.82) is 0 Å².